The van der Waals surface area contributed by atoms with Gasteiger partial charge >= 0.3 is 11.2 Å². The number of amides is 1. The van der Waals surface area contributed by atoms with Crippen LogP contribution in [0.3, 0.4) is 0 Å². The summed E-state index contributed by atoms with van der Waals surface area (Å²) in [5, 5.41) is 14.2. The van der Waals surface area contributed by atoms with Gasteiger partial charge in [-0.3, -0.25) is 24.1 Å². The molecule has 0 aliphatic rings. The second-order valence-electron chi connectivity index (χ2n) is 6.05. The standard InChI is InChI=1S/C18H17N5O4/c1-21(2)17(24)13-8-6-12(7-9-13)11-19-16-15(23(26)27)18(25)22-10-4-3-5-14(22)20-16/h3-10,19H,11H2,1-2H3. The minimum atomic E-state index is -0.750. The van der Waals surface area contributed by atoms with Crippen LogP contribution in [0.25, 0.3) is 5.65 Å². The Kier molecular flexibility index (Phi) is 4.84. The van der Waals surface area contributed by atoms with E-state index in [4.69, 9.17) is 0 Å². The Bertz CT molecular complexity index is 1070. The molecule has 0 saturated heterocycles. The van der Waals surface area contributed by atoms with E-state index in [1.807, 2.05) is 0 Å². The SMILES string of the molecule is CN(C)C(=O)c1ccc(CNc2nc3ccccn3c(=O)c2[N+](=O)[O-])cc1. The predicted molar refractivity (Wildman–Crippen MR) is 99.9 cm³/mol. The number of aromatic nitrogens is 2. The first kappa shape index (κ1) is 18.1. The molecule has 1 N–H and O–H groups in total. The average molecular weight is 367 g/mol. The molecule has 0 unspecified atom stereocenters. The van der Waals surface area contributed by atoms with Gasteiger partial charge in [-0.2, -0.15) is 0 Å². The first-order valence-corrected chi connectivity index (χ1v) is 8.08. The summed E-state index contributed by atoms with van der Waals surface area (Å²) in [6.45, 7) is 0.215. The first-order valence-electron chi connectivity index (χ1n) is 8.08. The molecule has 0 saturated carbocycles. The number of nitro groups is 1. The van der Waals surface area contributed by atoms with Crippen molar-refractivity contribution in [3.05, 3.63) is 80.3 Å². The van der Waals surface area contributed by atoms with Gasteiger partial charge in [0.15, 0.2) is 0 Å². The Morgan fingerprint density at radius 1 is 1.22 bits per heavy atom. The summed E-state index contributed by atoms with van der Waals surface area (Å²) in [6, 6.07) is 11.7. The van der Waals surface area contributed by atoms with Crippen molar-refractivity contribution in [1.82, 2.24) is 14.3 Å². The molecule has 0 atom stereocenters. The number of anilines is 1. The number of pyridine rings is 1. The molecule has 3 rings (SSSR count). The highest BCUT2D eigenvalue weighted by molar-refractivity contribution is 5.93. The fraction of sp³-hybridized carbons (Fsp3) is 0.167. The molecule has 3 aromatic rings. The fourth-order valence-corrected chi connectivity index (χ4v) is 2.58. The van der Waals surface area contributed by atoms with Crippen molar-refractivity contribution >= 4 is 23.1 Å². The zero-order valence-corrected chi connectivity index (χ0v) is 14.7. The number of rotatable bonds is 5. The van der Waals surface area contributed by atoms with Gasteiger partial charge in [0.2, 0.25) is 5.82 Å². The molecule has 0 aliphatic carbocycles. The molecule has 138 valence electrons. The van der Waals surface area contributed by atoms with Crippen LogP contribution in [-0.2, 0) is 6.54 Å². The lowest BCUT2D eigenvalue weighted by Crippen LogP contribution is -2.22. The predicted octanol–water partition coefficient (Wildman–Crippen LogP) is 1.92. The van der Waals surface area contributed by atoms with Crippen molar-refractivity contribution in [3.63, 3.8) is 0 Å². The van der Waals surface area contributed by atoms with Gasteiger partial charge in [-0.1, -0.05) is 18.2 Å². The molecule has 1 aromatic carbocycles. The van der Waals surface area contributed by atoms with Gasteiger partial charge in [-0.25, -0.2) is 4.98 Å². The third kappa shape index (κ3) is 3.61. The van der Waals surface area contributed by atoms with Gasteiger partial charge in [0.25, 0.3) is 5.91 Å². The molecule has 9 heteroatoms. The third-order valence-corrected chi connectivity index (χ3v) is 3.96. The van der Waals surface area contributed by atoms with Gasteiger partial charge in [-0.05, 0) is 29.8 Å². The molecular formula is C18H17N5O4. The highest BCUT2D eigenvalue weighted by Gasteiger charge is 2.23. The number of fused-ring (bicyclic) bond motifs is 1. The highest BCUT2D eigenvalue weighted by Crippen LogP contribution is 2.19. The summed E-state index contributed by atoms with van der Waals surface area (Å²) in [5.41, 5.74) is 0.270. The van der Waals surface area contributed by atoms with Crippen molar-refractivity contribution in [3.8, 4) is 0 Å². The normalized spacial score (nSPS) is 10.6. The Labute approximate surface area is 154 Å². The average Bonchev–Trinajstić information content (AvgIpc) is 2.66. The number of hydrogen-bond acceptors (Lipinski definition) is 6. The van der Waals surface area contributed by atoms with Gasteiger partial charge < -0.3 is 10.2 Å². The van der Waals surface area contributed by atoms with Crippen molar-refractivity contribution in [2.24, 2.45) is 0 Å². The monoisotopic (exact) mass is 367 g/mol. The van der Waals surface area contributed by atoms with E-state index >= 15 is 0 Å². The lowest BCUT2D eigenvalue weighted by atomic mass is 10.1. The molecule has 0 radical (unpaired) electrons. The number of nitrogens with zero attached hydrogens (tertiary/aromatic N) is 4. The van der Waals surface area contributed by atoms with Crippen molar-refractivity contribution in [2.45, 2.75) is 6.54 Å². The molecule has 27 heavy (non-hydrogen) atoms. The molecule has 1 amide bonds. The number of benzene rings is 1. The minimum Gasteiger partial charge on any atom is -0.360 e. The molecular weight excluding hydrogens is 350 g/mol. The van der Waals surface area contributed by atoms with Crippen LogP contribution in [0, 0.1) is 10.1 Å². The van der Waals surface area contributed by atoms with Gasteiger partial charge in [0.05, 0.1) is 4.92 Å². The van der Waals surface area contributed by atoms with Crippen LogP contribution < -0.4 is 10.9 Å². The van der Waals surface area contributed by atoms with E-state index < -0.39 is 16.2 Å². The van der Waals surface area contributed by atoms with E-state index in [-0.39, 0.29) is 18.3 Å². The van der Waals surface area contributed by atoms with Gasteiger partial charge in [0, 0.05) is 32.4 Å². The quantitative estimate of drug-likeness (QED) is 0.545. The topological polar surface area (TPSA) is 110 Å². The largest absolute Gasteiger partial charge is 0.376 e. The number of carbonyl (C=O) groups is 1. The van der Waals surface area contributed by atoms with Gasteiger partial charge in [0.1, 0.15) is 5.65 Å². The molecule has 0 fully saturated rings. The fourth-order valence-electron chi connectivity index (χ4n) is 2.58. The maximum absolute atomic E-state index is 12.4. The number of nitrogens with one attached hydrogen (secondary N) is 1. The number of hydrogen-bond donors (Lipinski definition) is 1. The third-order valence-electron chi connectivity index (χ3n) is 3.96. The molecule has 0 spiro atoms. The second-order valence-corrected chi connectivity index (χ2v) is 6.05. The lowest BCUT2D eigenvalue weighted by Gasteiger charge is -2.11. The molecule has 0 bridgehead atoms. The summed E-state index contributed by atoms with van der Waals surface area (Å²) in [7, 11) is 3.34. The van der Waals surface area contributed by atoms with Crippen molar-refractivity contribution in [1.29, 1.82) is 0 Å². The molecule has 0 aliphatic heterocycles. The summed E-state index contributed by atoms with van der Waals surface area (Å²) < 4.78 is 1.13. The molecule has 2 heterocycles. The summed E-state index contributed by atoms with van der Waals surface area (Å²) in [6.07, 6.45) is 1.43. The van der Waals surface area contributed by atoms with E-state index in [1.165, 1.54) is 11.1 Å². The zero-order valence-electron chi connectivity index (χ0n) is 14.7. The maximum Gasteiger partial charge on any atom is 0.376 e. The van der Waals surface area contributed by atoms with Crippen LogP contribution in [0.1, 0.15) is 15.9 Å². The van der Waals surface area contributed by atoms with Crippen LogP contribution >= 0.6 is 0 Å². The Hall–Kier alpha value is -3.75. The first-order chi connectivity index (χ1) is 12.9. The summed E-state index contributed by atoms with van der Waals surface area (Å²) in [4.78, 5) is 40.6. The molecule has 2 aromatic heterocycles. The smallest absolute Gasteiger partial charge is 0.360 e. The van der Waals surface area contributed by atoms with Crippen molar-refractivity contribution < 1.29 is 9.72 Å². The van der Waals surface area contributed by atoms with Crippen molar-refractivity contribution in [2.75, 3.05) is 19.4 Å². The van der Waals surface area contributed by atoms with E-state index in [2.05, 4.69) is 10.3 Å². The minimum absolute atomic E-state index is 0.0929. The lowest BCUT2D eigenvalue weighted by molar-refractivity contribution is -0.385. The zero-order chi connectivity index (χ0) is 19.6. The van der Waals surface area contributed by atoms with E-state index in [9.17, 15) is 19.7 Å². The second kappa shape index (κ2) is 7.24. The summed E-state index contributed by atoms with van der Waals surface area (Å²) in [5.74, 6) is -0.209. The highest BCUT2D eigenvalue weighted by atomic mass is 16.6. The van der Waals surface area contributed by atoms with Crippen LogP contribution in [0.2, 0.25) is 0 Å². The van der Waals surface area contributed by atoms with Crippen LogP contribution in [0.15, 0.2) is 53.5 Å². The maximum atomic E-state index is 12.4. The van der Waals surface area contributed by atoms with E-state index in [0.717, 1.165) is 9.96 Å². The van der Waals surface area contributed by atoms with E-state index in [0.29, 0.717) is 11.2 Å². The Morgan fingerprint density at radius 2 is 1.93 bits per heavy atom. The van der Waals surface area contributed by atoms with Crippen LogP contribution in [0.4, 0.5) is 11.5 Å². The van der Waals surface area contributed by atoms with E-state index in [1.54, 1.807) is 56.6 Å². The molecule has 9 nitrogen and oxygen atoms in total. The van der Waals surface area contributed by atoms with Crippen LogP contribution in [-0.4, -0.2) is 39.2 Å². The number of carbonyl (C=O) groups excluding carboxylic acids is 1. The van der Waals surface area contributed by atoms with Gasteiger partial charge in [-0.15, -0.1) is 0 Å². The Balaban J connectivity index is 1.89. The Morgan fingerprint density at radius 3 is 2.56 bits per heavy atom. The summed E-state index contributed by atoms with van der Waals surface area (Å²) >= 11 is 0. The van der Waals surface area contributed by atoms with Crippen LogP contribution in [0.5, 0.6) is 0 Å².